The SMILES string of the molecule is CN1CC(CNc2ncc3c4[nH]ncc4c(=O)n(-c4ccccc4Cl)c3n2)Oc2ccccc21. The van der Waals surface area contributed by atoms with E-state index < -0.39 is 0 Å². The van der Waals surface area contributed by atoms with Gasteiger partial charge in [0.1, 0.15) is 11.9 Å². The first-order valence-electron chi connectivity index (χ1n) is 10.8. The van der Waals surface area contributed by atoms with Crippen LogP contribution in [-0.4, -0.2) is 51.0 Å². The molecule has 1 aliphatic rings. The van der Waals surface area contributed by atoms with Gasteiger partial charge in [-0.25, -0.2) is 4.98 Å². The Hall–Kier alpha value is -4.11. The Morgan fingerprint density at radius 1 is 1.12 bits per heavy atom. The van der Waals surface area contributed by atoms with Crippen molar-refractivity contribution < 1.29 is 4.74 Å². The van der Waals surface area contributed by atoms with Crippen molar-refractivity contribution in [2.75, 3.05) is 30.4 Å². The van der Waals surface area contributed by atoms with Gasteiger partial charge in [0.05, 0.1) is 52.0 Å². The maximum Gasteiger partial charge on any atom is 0.267 e. The first-order chi connectivity index (χ1) is 16.6. The molecule has 0 bridgehead atoms. The number of likely N-dealkylation sites (N-methyl/N-ethyl adjacent to an activating group) is 1. The lowest BCUT2D eigenvalue weighted by Gasteiger charge is -2.33. The average Bonchev–Trinajstić information content (AvgIpc) is 3.35. The fraction of sp³-hybridized carbons (Fsp3) is 0.167. The van der Waals surface area contributed by atoms with E-state index in [4.69, 9.17) is 21.3 Å². The number of nitrogens with zero attached hydrogens (tertiary/aromatic N) is 5. The quantitative estimate of drug-likeness (QED) is 0.411. The van der Waals surface area contributed by atoms with Crippen LogP contribution in [0, 0.1) is 0 Å². The van der Waals surface area contributed by atoms with Gasteiger partial charge in [0.2, 0.25) is 5.95 Å². The number of aromatic amines is 1. The molecule has 2 N–H and O–H groups in total. The number of nitrogens with one attached hydrogen (secondary N) is 2. The lowest BCUT2D eigenvalue weighted by Crippen LogP contribution is -2.41. The van der Waals surface area contributed by atoms with E-state index >= 15 is 0 Å². The van der Waals surface area contributed by atoms with Crippen molar-refractivity contribution in [1.82, 2.24) is 24.7 Å². The normalized spacial score (nSPS) is 15.4. The average molecular weight is 474 g/mol. The molecule has 1 atom stereocenters. The van der Waals surface area contributed by atoms with Gasteiger partial charge in [-0.2, -0.15) is 10.1 Å². The molecule has 0 amide bonds. The predicted octanol–water partition coefficient (Wildman–Crippen LogP) is 3.62. The smallest absolute Gasteiger partial charge is 0.267 e. The molecule has 170 valence electrons. The lowest BCUT2D eigenvalue weighted by molar-refractivity contribution is 0.208. The third-order valence-corrected chi connectivity index (χ3v) is 6.27. The number of ether oxygens (including phenoxy) is 1. The van der Waals surface area contributed by atoms with Crippen LogP contribution in [0.25, 0.3) is 27.6 Å². The molecule has 0 spiro atoms. The van der Waals surface area contributed by atoms with Gasteiger partial charge in [0.25, 0.3) is 5.56 Å². The summed E-state index contributed by atoms with van der Waals surface area (Å²) in [5.74, 6) is 1.23. The van der Waals surface area contributed by atoms with E-state index in [1.54, 1.807) is 18.3 Å². The van der Waals surface area contributed by atoms with Crippen LogP contribution in [0.3, 0.4) is 0 Å². The first kappa shape index (κ1) is 20.5. The van der Waals surface area contributed by atoms with Gasteiger partial charge in [0, 0.05) is 13.2 Å². The Morgan fingerprint density at radius 3 is 2.76 bits per heavy atom. The molecule has 3 aromatic heterocycles. The van der Waals surface area contributed by atoms with Gasteiger partial charge in [0.15, 0.2) is 5.65 Å². The third kappa shape index (κ3) is 3.32. The molecule has 4 heterocycles. The number of pyridine rings is 1. The second-order valence-corrected chi connectivity index (χ2v) is 8.56. The summed E-state index contributed by atoms with van der Waals surface area (Å²) in [5, 5.41) is 11.8. The number of hydrogen-bond acceptors (Lipinski definition) is 7. The topological polar surface area (TPSA) is 101 Å². The van der Waals surface area contributed by atoms with Crippen molar-refractivity contribution in [2.24, 2.45) is 0 Å². The Kier molecular flexibility index (Phi) is 4.84. The van der Waals surface area contributed by atoms with Crippen molar-refractivity contribution in [1.29, 1.82) is 0 Å². The molecule has 34 heavy (non-hydrogen) atoms. The minimum absolute atomic E-state index is 0.0972. The molecule has 6 rings (SSSR count). The van der Waals surface area contributed by atoms with E-state index in [1.165, 1.54) is 10.8 Å². The highest BCUT2D eigenvalue weighted by Gasteiger charge is 2.23. The molecule has 10 heteroatoms. The molecule has 1 unspecified atom stereocenters. The van der Waals surface area contributed by atoms with Gasteiger partial charge in [-0.15, -0.1) is 0 Å². The van der Waals surface area contributed by atoms with Crippen molar-refractivity contribution in [3.8, 4) is 11.4 Å². The highest BCUT2D eigenvalue weighted by molar-refractivity contribution is 6.32. The highest BCUT2D eigenvalue weighted by Crippen LogP contribution is 2.32. The predicted molar refractivity (Wildman–Crippen MR) is 132 cm³/mol. The maximum atomic E-state index is 13.4. The Balaban J connectivity index is 1.39. The molecule has 0 saturated heterocycles. The number of anilines is 2. The molecule has 0 aliphatic carbocycles. The van der Waals surface area contributed by atoms with E-state index in [2.05, 4.69) is 25.4 Å². The summed E-state index contributed by atoms with van der Waals surface area (Å²) in [6.45, 7) is 1.21. The third-order valence-electron chi connectivity index (χ3n) is 5.95. The van der Waals surface area contributed by atoms with Crippen LogP contribution in [0.5, 0.6) is 5.75 Å². The molecule has 0 fully saturated rings. The highest BCUT2D eigenvalue weighted by atomic mass is 35.5. The lowest BCUT2D eigenvalue weighted by atomic mass is 10.2. The summed E-state index contributed by atoms with van der Waals surface area (Å²) in [6.07, 6.45) is 3.09. The van der Waals surface area contributed by atoms with E-state index in [-0.39, 0.29) is 11.7 Å². The second-order valence-electron chi connectivity index (χ2n) is 8.15. The standard InChI is InChI=1S/C24H20ClN7O2/c1-31-13-14(34-20-9-5-4-8-19(20)31)10-26-24-27-11-15-21-16(12-28-30-21)23(33)32(22(15)29-24)18-7-3-2-6-17(18)25/h2-9,11-12,14H,10,13H2,1H3,(H,28,30)(H,26,27,29). The summed E-state index contributed by atoms with van der Waals surface area (Å²) >= 11 is 6.45. The van der Waals surface area contributed by atoms with Crippen LogP contribution < -0.4 is 20.5 Å². The first-order valence-corrected chi connectivity index (χ1v) is 11.2. The fourth-order valence-electron chi connectivity index (χ4n) is 4.34. The number of fused-ring (bicyclic) bond motifs is 4. The molecule has 2 aromatic carbocycles. The zero-order valence-corrected chi connectivity index (χ0v) is 19.0. The minimum atomic E-state index is -0.261. The summed E-state index contributed by atoms with van der Waals surface area (Å²) in [4.78, 5) is 24.7. The van der Waals surface area contributed by atoms with Crippen LogP contribution in [-0.2, 0) is 0 Å². The fourth-order valence-corrected chi connectivity index (χ4v) is 4.56. The van der Waals surface area contributed by atoms with E-state index in [1.807, 2.05) is 43.4 Å². The molecule has 5 aromatic rings. The number of para-hydroxylation sites is 3. The van der Waals surface area contributed by atoms with Gasteiger partial charge in [-0.05, 0) is 24.3 Å². The molecule has 0 radical (unpaired) electrons. The molecule has 0 saturated carbocycles. The molecular weight excluding hydrogens is 454 g/mol. The Morgan fingerprint density at radius 2 is 1.91 bits per heavy atom. The number of benzene rings is 2. The number of aromatic nitrogens is 5. The Labute approximate surface area is 199 Å². The largest absolute Gasteiger partial charge is 0.485 e. The number of rotatable bonds is 4. The van der Waals surface area contributed by atoms with Gasteiger partial charge < -0.3 is 15.0 Å². The van der Waals surface area contributed by atoms with Gasteiger partial charge in [-0.1, -0.05) is 35.9 Å². The summed E-state index contributed by atoms with van der Waals surface area (Å²) in [6, 6.07) is 15.1. The zero-order valence-electron chi connectivity index (χ0n) is 18.2. The monoisotopic (exact) mass is 473 g/mol. The van der Waals surface area contributed by atoms with Crippen molar-refractivity contribution in [3.05, 3.63) is 76.3 Å². The minimum Gasteiger partial charge on any atom is -0.485 e. The number of hydrogen-bond donors (Lipinski definition) is 2. The zero-order chi connectivity index (χ0) is 23.2. The van der Waals surface area contributed by atoms with Crippen molar-refractivity contribution >= 4 is 45.2 Å². The molecule has 9 nitrogen and oxygen atoms in total. The summed E-state index contributed by atoms with van der Waals surface area (Å²) < 4.78 is 7.64. The number of halogens is 1. The van der Waals surface area contributed by atoms with E-state index in [9.17, 15) is 4.79 Å². The maximum absolute atomic E-state index is 13.4. The van der Waals surface area contributed by atoms with E-state index in [0.29, 0.717) is 45.1 Å². The van der Waals surface area contributed by atoms with E-state index in [0.717, 1.165) is 18.0 Å². The van der Waals surface area contributed by atoms with Crippen LogP contribution in [0.2, 0.25) is 5.02 Å². The van der Waals surface area contributed by atoms with Gasteiger partial charge in [-0.3, -0.25) is 14.5 Å². The second kappa shape index (κ2) is 8.03. The molecular formula is C24H20ClN7O2. The summed E-state index contributed by atoms with van der Waals surface area (Å²) in [5.41, 5.74) is 2.36. The number of H-pyrrole nitrogens is 1. The Bertz CT molecular complexity index is 1600. The summed E-state index contributed by atoms with van der Waals surface area (Å²) in [7, 11) is 2.04. The van der Waals surface area contributed by atoms with Crippen LogP contribution in [0.1, 0.15) is 0 Å². The van der Waals surface area contributed by atoms with Crippen LogP contribution >= 0.6 is 11.6 Å². The van der Waals surface area contributed by atoms with Crippen molar-refractivity contribution in [3.63, 3.8) is 0 Å². The van der Waals surface area contributed by atoms with Crippen LogP contribution in [0.4, 0.5) is 11.6 Å². The van der Waals surface area contributed by atoms with Crippen molar-refractivity contribution in [2.45, 2.75) is 6.10 Å². The van der Waals surface area contributed by atoms with Crippen LogP contribution in [0.15, 0.2) is 65.7 Å². The van der Waals surface area contributed by atoms with Gasteiger partial charge >= 0.3 is 0 Å². The molecule has 1 aliphatic heterocycles.